The second-order valence-electron chi connectivity index (χ2n) is 3.27. The van der Waals surface area contributed by atoms with Gasteiger partial charge < -0.3 is 15.2 Å². The van der Waals surface area contributed by atoms with Crippen molar-refractivity contribution < 1.29 is 9.84 Å². The van der Waals surface area contributed by atoms with Gasteiger partial charge in [-0.2, -0.15) is 5.10 Å². The van der Waals surface area contributed by atoms with E-state index in [0.717, 1.165) is 0 Å². The van der Waals surface area contributed by atoms with Gasteiger partial charge in [-0.25, -0.2) is 0 Å². The second kappa shape index (κ2) is 6.05. The van der Waals surface area contributed by atoms with Crippen LogP contribution in [0.2, 0.25) is 0 Å². The van der Waals surface area contributed by atoms with E-state index in [1.807, 2.05) is 0 Å². The Labute approximate surface area is 105 Å². The number of nitrogens with one attached hydrogen (secondary N) is 2. The first-order valence-corrected chi connectivity index (χ1v) is 5.38. The normalized spacial score (nSPS) is 10.9. The Bertz CT molecular complexity index is 446. The Morgan fingerprint density at radius 3 is 2.76 bits per heavy atom. The summed E-state index contributed by atoms with van der Waals surface area (Å²) in [6.45, 7) is 1.76. The molecule has 0 heterocycles. The van der Waals surface area contributed by atoms with Crippen LogP contribution < -0.4 is 15.5 Å². The van der Waals surface area contributed by atoms with Crippen molar-refractivity contribution in [1.29, 1.82) is 0 Å². The van der Waals surface area contributed by atoms with Crippen LogP contribution in [0.5, 0.6) is 11.5 Å². The lowest BCUT2D eigenvalue weighted by Crippen LogP contribution is -2.29. The molecule has 0 saturated carbocycles. The first-order chi connectivity index (χ1) is 8.08. The van der Waals surface area contributed by atoms with Crippen molar-refractivity contribution in [2.24, 2.45) is 5.10 Å². The predicted octanol–water partition coefficient (Wildman–Crippen LogP) is 1.22. The number of phenolic OH excluding ortho intramolecular Hbond substituents is 1. The molecule has 1 aromatic carbocycles. The van der Waals surface area contributed by atoms with Crippen molar-refractivity contribution in [3.8, 4) is 11.5 Å². The fourth-order valence-electron chi connectivity index (χ4n) is 1.18. The van der Waals surface area contributed by atoms with Gasteiger partial charge in [-0.1, -0.05) is 0 Å². The summed E-state index contributed by atoms with van der Waals surface area (Å²) in [6, 6.07) is 4.94. The fraction of sp³-hybridized carbons (Fsp3) is 0.273. The Hall–Kier alpha value is -1.82. The third-order valence-corrected chi connectivity index (χ3v) is 2.44. The van der Waals surface area contributed by atoms with E-state index in [1.54, 1.807) is 39.3 Å². The lowest BCUT2D eigenvalue weighted by Gasteiger charge is -2.07. The number of phenols is 1. The second-order valence-corrected chi connectivity index (χ2v) is 3.68. The Morgan fingerprint density at radius 2 is 2.18 bits per heavy atom. The molecule has 0 radical (unpaired) electrons. The minimum absolute atomic E-state index is 0.143. The molecular weight excluding hydrogens is 238 g/mol. The molecule has 17 heavy (non-hydrogen) atoms. The van der Waals surface area contributed by atoms with Gasteiger partial charge in [0.25, 0.3) is 0 Å². The van der Waals surface area contributed by atoms with E-state index in [4.69, 9.17) is 17.0 Å². The van der Waals surface area contributed by atoms with Gasteiger partial charge in [0.1, 0.15) is 11.5 Å². The maximum atomic E-state index is 9.71. The molecule has 0 aliphatic rings. The molecule has 0 unspecified atom stereocenters. The first-order valence-electron chi connectivity index (χ1n) is 4.98. The van der Waals surface area contributed by atoms with Gasteiger partial charge in [0.05, 0.1) is 12.8 Å². The Kier molecular flexibility index (Phi) is 4.71. The molecule has 0 spiro atoms. The molecule has 0 amide bonds. The highest BCUT2D eigenvalue weighted by molar-refractivity contribution is 7.80. The van der Waals surface area contributed by atoms with E-state index in [0.29, 0.717) is 22.1 Å². The minimum Gasteiger partial charge on any atom is -0.507 e. The number of hydrogen-bond donors (Lipinski definition) is 3. The van der Waals surface area contributed by atoms with Gasteiger partial charge in [-0.05, 0) is 37.3 Å². The maximum absolute atomic E-state index is 9.71. The molecule has 5 nitrogen and oxygen atoms in total. The highest BCUT2D eigenvalue weighted by Gasteiger charge is 2.06. The molecule has 92 valence electrons. The lowest BCUT2D eigenvalue weighted by molar-refractivity contribution is 0.412. The van der Waals surface area contributed by atoms with Gasteiger partial charge >= 0.3 is 0 Å². The van der Waals surface area contributed by atoms with Crippen LogP contribution in [0.25, 0.3) is 0 Å². The van der Waals surface area contributed by atoms with E-state index in [-0.39, 0.29) is 5.75 Å². The van der Waals surface area contributed by atoms with E-state index in [1.165, 1.54) is 0 Å². The maximum Gasteiger partial charge on any atom is 0.186 e. The van der Waals surface area contributed by atoms with Gasteiger partial charge in [0.2, 0.25) is 0 Å². The number of hydrazone groups is 1. The summed E-state index contributed by atoms with van der Waals surface area (Å²) in [6.07, 6.45) is 0. The number of rotatable bonds is 3. The monoisotopic (exact) mass is 253 g/mol. The molecule has 0 aliphatic carbocycles. The number of benzene rings is 1. The molecule has 0 aromatic heterocycles. The minimum atomic E-state index is 0.143. The van der Waals surface area contributed by atoms with Crippen LogP contribution in [0.15, 0.2) is 23.3 Å². The number of hydrogen-bond acceptors (Lipinski definition) is 4. The van der Waals surface area contributed by atoms with Gasteiger partial charge in [0, 0.05) is 12.6 Å². The molecule has 1 aromatic rings. The fourth-order valence-corrected chi connectivity index (χ4v) is 1.23. The molecule has 0 aliphatic heterocycles. The number of ether oxygens (including phenoxy) is 1. The van der Waals surface area contributed by atoms with Crippen molar-refractivity contribution in [1.82, 2.24) is 10.7 Å². The molecule has 0 fully saturated rings. The summed E-state index contributed by atoms with van der Waals surface area (Å²) in [7, 11) is 3.26. The average molecular weight is 253 g/mol. The summed E-state index contributed by atoms with van der Waals surface area (Å²) in [5.74, 6) is 0.799. The summed E-state index contributed by atoms with van der Waals surface area (Å²) >= 11 is 4.89. The van der Waals surface area contributed by atoms with Crippen LogP contribution in [0, 0.1) is 0 Å². The highest BCUT2D eigenvalue weighted by Crippen LogP contribution is 2.23. The van der Waals surface area contributed by atoms with Crippen molar-refractivity contribution in [3.05, 3.63) is 23.8 Å². The van der Waals surface area contributed by atoms with Crippen LogP contribution in [0.4, 0.5) is 0 Å². The van der Waals surface area contributed by atoms with Gasteiger partial charge in [-0.15, -0.1) is 0 Å². The highest BCUT2D eigenvalue weighted by atomic mass is 32.1. The van der Waals surface area contributed by atoms with E-state index in [9.17, 15) is 5.11 Å². The number of methoxy groups -OCH3 is 1. The van der Waals surface area contributed by atoms with E-state index < -0.39 is 0 Å². The van der Waals surface area contributed by atoms with E-state index >= 15 is 0 Å². The molecule has 1 rings (SSSR count). The number of thiocarbonyl (C=S) groups is 1. The zero-order chi connectivity index (χ0) is 12.8. The summed E-state index contributed by atoms with van der Waals surface area (Å²) in [4.78, 5) is 0. The lowest BCUT2D eigenvalue weighted by atomic mass is 10.1. The topological polar surface area (TPSA) is 65.9 Å². The van der Waals surface area contributed by atoms with E-state index in [2.05, 4.69) is 15.8 Å². The van der Waals surface area contributed by atoms with Crippen molar-refractivity contribution >= 4 is 23.0 Å². The Morgan fingerprint density at radius 1 is 1.47 bits per heavy atom. The van der Waals surface area contributed by atoms with Crippen LogP contribution >= 0.6 is 12.2 Å². The third kappa shape index (κ3) is 3.60. The number of nitrogens with zero attached hydrogens (tertiary/aromatic N) is 1. The smallest absolute Gasteiger partial charge is 0.186 e. The summed E-state index contributed by atoms with van der Waals surface area (Å²) in [5.41, 5.74) is 3.86. The van der Waals surface area contributed by atoms with Crippen molar-refractivity contribution in [3.63, 3.8) is 0 Å². The third-order valence-electron chi connectivity index (χ3n) is 2.15. The van der Waals surface area contributed by atoms with Crippen LogP contribution in [-0.4, -0.2) is 30.1 Å². The predicted molar refractivity (Wildman–Crippen MR) is 71.7 cm³/mol. The average Bonchev–Trinajstić information content (AvgIpc) is 2.36. The van der Waals surface area contributed by atoms with Crippen molar-refractivity contribution in [2.45, 2.75) is 6.92 Å². The quantitative estimate of drug-likeness (QED) is 0.429. The summed E-state index contributed by atoms with van der Waals surface area (Å²) < 4.78 is 5.08. The molecular formula is C11H15N3O2S. The molecule has 0 atom stereocenters. The van der Waals surface area contributed by atoms with Crippen molar-refractivity contribution in [2.75, 3.05) is 14.2 Å². The van der Waals surface area contributed by atoms with Crippen LogP contribution in [0.3, 0.4) is 0 Å². The SMILES string of the molecule is CNC(=S)NN=C(C)c1cc(OC)ccc1O. The van der Waals surface area contributed by atoms with Crippen LogP contribution in [-0.2, 0) is 0 Å². The zero-order valence-electron chi connectivity index (χ0n) is 9.94. The molecule has 0 bridgehead atoms. The first kappa shape index (κ1) is 13.2. The Balaban J connectivity index is 2.94. The molecule has 6 heteroatoms. The van der Waals surface area contributed by atoms with Gasteiger partial charge in [-0.3, -0.25) is 5.43 Å². The standard InChI is InChI=1S/C11H15N3O2S/c1-7(13-14-11(17)12-2)9-6-8(16-3)4-5-10(9)15/h4-6,15H,1-3H3,(H2,12,14,17). The number of aromatic hydroxyl groups is 1. The summed E-state index contributed by atoms with van der Waals surface area (Å²) in [5, 5.41) is 16.9. The largest absolute Gasteiger partial charge is 0.507 e. The molecule has 0 saturated heterocycles. The zero-order valence-corrected chi connectivity index (χ0v) is 10.8. The molecule has 3 N–H and O–H groups in total. The van der Waals surface area contributed by atoms with Crippen LogP contribution in [0.1, 0.15) is 12.5 Å². The van der Waals surface area contributed by atoms with Gasteiger partial charge in [0.15, 0.2) is 5.11 Å².